The lowest BCUT2D eigenvalue weighted by molar-refractivity contribution is 0.0988. The van der Waals surface area contributed by atoms with Crippen molar-refractivity contribution in [2.24, 2.45) is 0 Å². The molecule has 0 aliphatic heterocycles. The third-order valence-corrected chi connectivity index (χ3v) is 2.49. The lowest BCUT2D eigenvalue weighted by Crippen LogP contribution is -2.26. The number of carbonyl (C=O) groups is 1. The number of hydrogen-bond donors (Lipinski definition) is 1. The zero-order valence-corrected chi connectivity index (χ0v) is 10.1. The molecule has 0 heterocycles. The molecule has 0 amide bonds. The lowest BCUT2D eigenvalue weighted by Gasteiger charge is -2.20. The first-order valence-electron chi connectivity index (χ1n) is 5.57. The Morgan fingerprint density at radius 3 is 2.38 bits per heavy atom. The maximum atomic E-state index is 11.4. The number of nitrogens with zero attached hydrogens (tertiary/aromatic N) is 1. The molecule has 3 heteroatoms. The molecule has 0 aliphatic rings. The molecule has 1 aromatic rings. The number of Topliss-reactive ketones (excluding diaryl/α,β-unsaturated/α-hetero) is 1. The molecule has 3 nitrogen and oxygen atoms in total. The second-order valence-electron chi connectivity index (χ2n) is 4.05. The maximum Gasteiger partial charge on any atom is 0.162 e. The maximum absolute atomic E-state index is 11.4. The summed E-state index contributed by atoms with van der Waals surface area (Å²) >= 11 is 0. The fourth-order valence-corrected chi connectivity index (χ4v) is 1.61. The van der Waals surface area contributed by atoms with Gasteiger partial charge in [-0.2, -0.15) is 0 Å². The Morgan fingerprint density at radius 2 is 1.94 bits per heavy atom. The molecule has 1 aromatic carbocycles. The van der Waals surface area contributed by atoms with Crippen LogP contribution in [-0.2, 0) is 0 Å². The van der Waals surface area contributed by atoms with Gasteiger partial charge in [-0.05, 0) is 31.2 Å². The Hall–Kier alpha value is -1.35. The van der Waals surface area contributed by atoms with Gasteiger partial charge >= 0.3 is 0 Å². The minimum Gasteiger partial charge on any atom is -0.392 e. The average Bonchev–Trinajstić information content (AvgIpc) is 2.27. The minimum atomic E-state index is -0.359. The Morgan fingerprint density at radius 1 is 1.38 bits per heavy atom. The second kappa shape index (κ2) is 5.66. The molecule has 16 heavy (non-hydrogen) atoms. The molecule has 0 bridgehead atoms. The third kappa shape index (κ3) is 3.35. The van der Waals surface area contributed by atoms with Crippen LogP contribution in [0.25, 0.3) is 0 Å². The molecule has 88 valence electrons. The van der Waals surface area contributed by atoms with Crippen molar-refractivity contribution in [3.8, 4) is 0 Å². The number of hydrogen-bond acceptors (Lipinski definition) is 3. The van der Waals surface area contributed by atoms with Crippen molar-refractivity contribution in [1.29, 1.82) is 0 Å². The van der Waals surface area contributed by atoms with E-state index in [0.717, 1.165) is 11.3 Å². The van der Waals surface area contributed by atoms with Gasteiger partial charge in [-0.1, -0.05) is 6.92 Å². The lowest BCUT2D eigenvalue weighted by atomic mass is 10.1. The summed E-state index contributed by atoms with van der Waals surface area (Å²) < 4.78 is 0. The molecule has 0 aromatic heterocycles. The monoisotopic (exact) mass is 221 g/mol. The number of anilines is 1. The first-order chi connectivity index (χ1) is 7.54. The smallest absolute Gasteiger partial charge is 0.162 e. The van der Waals surface area contributed by atoms with E-state index in [0.29, 0.717) is 13.0 Å². The number of benzene rings is 1. The van der Waals surface area contributed by atoms with Gasteiger partial charge in [0.25, 0.3) is 0 Å². The van der Waals surface area contributed by atoms with E-state index >= 15 is 0 Å². The quantitative estimate of drug-likeness (QED) is 0.774. The minimum absolute atomic E-state index is 0.157. The van der Waals surface area contributed by atoms with E-state index in [2.05, 4.69) is 0 Å². The number of carbonyl (C=O) groups excluding carboxylic acids is 1. The molecule has 1 N–H and O–H groups in total. The second-order valence-corrected chi connectivity index (χ2v) is 4.05. The standard InChI is InChI=1S/C13H19NO2/c1-4-13(16)11-5-7-12(8-6-11)14(3)9-10(2)15/h5-8,10,15H,4,9H2,1-3H3. The van der Waals surface area contributed by atoms with Crippen LogP contribution in [0.2, 0.25) is 0 Å². The zero-order valence-electron chi connectivity index (χ0n) is 10.1. The van der Waals surface area contributed by atoms with Gasteiger partial charge in [-0.3, -0.25) is 4.79 Å². The number of aliphatic hydroxyl groups excluding tert-OH is 1. The van der Waals surface area contributed by atoms with Crippen molar-refractivity contribution >= 4 is 11.5 Å². The summed E-state index contributed by atoms with van der Waals surface area (Å²) in [4.78, 5) is 13.4. The van der Waals surface area contributed by atoms with E-state index in [1.807, 2.05) is 43.1 Å². The van der Waals surface area contributed by atoms with Crippen molar-refractivity contribution in [2.45, 2.75) is 26.4 Å². The normalized spacial score (nSPS) is 12.2. The molecule has 1 unspecified atom stereocenters. The van der Waals surface area contributed by atoms with Crippen LogP contribution < -0.4 is 4.90 Å². The van der Waals surface area contributed by atoms with Crippen molar-refractivity contribution in [1.82, 2.24) is 0 Å². The summed E-state index contributed by atoms with van der Waals surface area (Å²) in [7, 11) is 1.92. The Bertz CT molecular complexity index is 343. The Labute approximate surface area is 96.7 Å². The molecule has 0 saturated heterocycles. The third-order valence-electron chi connectivity index (χ3n) is 2.49. The molecular formula is C13H19NO2. The van der Waals surface area contributed by atoms with Gasteiger partial charge in [0.05, 0.1) is 6.10 Å². The summed E-state index contributed by atoms with van der Waals surface area (Å²) in [6.45, 7) is 4.20. The van der Waals surface area contributed by atoms with Gasteiger partial charge in [-0.25, -0.2) is 0 Å². The van der Waals surface area contributed by atoms with Crippen molar-refractivity contribution in [3.63, 3.8) is 0 Å². The van der Waals surface area contributed by atoms with E-state index < -0.39 is 0 Å². The van der Waals surface area contributed by atoms with Gasteiger partial charge in [0, 0.05) is 31.3 Å². The molecule has 0 fully saturated rings. The highest BCUT2D eigenvalue weighted by atomic mass is 16.3. The van der Waals surface area contributed by atoms with Gasteiger partial charge in [0.15, 0.2) is 5.78 Å². The predicted octanol–water partition coefficient (Wildman–Crippen LogP) is 2.10. The molecule has 0 spiro atoms. The van der Waals surface area contributed by atoms with Gasteiger partial charge in [0.1, 0.15) is 0 Å². The fourth-order valence-electron chi connectivity index (χ4n) is 1.61. The largest absolute Gasteiger partial charge is 0.392 e. The first-order valence-corrected chi connectivity index (χ1v) is 5.57. The van der Waals surface area contributed by atoms with Crippen LogP contribution in [0.15, 0.2) is 24.3 Å². The number of ketones is 1. The molecule has 0 saturated carbocycles. The van der Waals surface area contributed by atoms with Gasteiger partial charge < -0.3 is 10.0 Å². The highest BCUT2D eigenvalue weighted by Gasteiger charge is 2.06. The summed E-state index contributed by atoms with van der Waals surface area (Å²) in [5, 5.41) is 9.27. The van der Waals surface area contributed by atoms with Crippen LogP contribution >= 0.6 is 0 Å². The van der Waals surface area contributed by atoms with Crippen molar-refractivity contribution in [2.75, 3.05) is 18.5 Å². The Balaban J connectivity index is 2.74. The molecule has 0 aliphatic carbocycles. The average molecular weight is 221 g/mol. The van der Waals surface area contributed by atoms with E-state index in [4.69, 9.17) is 0 Å². The molecule has 1 rings (SSSR count). The van der Waals surface area contributed by atoms with Crippen LogP contribution in [-0.4, -0.2) is 30.6 Å². The summed E-state index contributed by atoms with van der Waals surface area (Å²) in [5.74, 6) is 0.157. The first kappa shape index (κ1) is 12.7. The SMILES string of the molecule is CCC(=O)c1ccc(N(C)CC(C)O)cc1. The zero-order chi connectivity index (χ0) is 12.1. The predicted molar refractivity (Wildman–Crippen MR) is 66.0 cm³/mol. The number of aliphatic hydroxyl groups is 1. The molecule has 1 atom stereocenters. The summed E-state index contributed by atoms with van der Waals surface area (Å²) in [5.41, 5.74) is 1.75. The van der Waals surface area contributed by atoms with Crippen molar-refractivity contribution in [3.05, 3.63) is 29.8 Å². The van der Waals surface area contributed by atoms with Gasteiger partial charge in [-0.15, -0.1) is 0 Å². The highest BCUT2D eigenvalue weighted by Crippen LogP contribution is 2.15. The van der Waals surface area contributed by atoms with Gasteiger partial charge in [0.2, 0.25) is 0 Å². The number of rotatable bonds is 5. The molecular weight excluding hydrogens is 202 g/mol. The van der Waals surface area contributed by atoms with Crippen LogP contribution in [0.3, 0.4) is 0 Å². The van der Waals surface area contributed by atoms with E-state index in [1.54, 1.807) is 6.92 Å². The van der Waals surface area contributed by atoms with E-state index in [1.165, 1.54) is 0 Å². The molecule has 0 radical (unpaired) electrons. The van der Waals surface area contributed by atoms with Crippen molar-refractivity contribution < 1.29 is 9.90 Å². The number of likely N-dealkylation sites (N-methyl/N-ethyl adjacent to an activating group) is 1. The topological polar surface area (TPSA) is 40.5 Å². The van der Waals surface area contributed by atoms with E-state index in [-0.39, 0.29) is 11.9 Å². The Kier molecular flexibility index (Phi) is 4.50. The van der Waals surface area contributed by atoms with Crippen LogP contribution in [0.5, 0.6) is 0 Å². The van der Waals surface area contributed by atoms with E-state index in [9.17, 15) is 9.90 Å². The van der Waals surface area contributed by atoms with Crippen LogP contribution in [0.1, 0.15) is 30.6 Å². The van der Waals surface area contributed by atoms with Crippen LogP contribution in [0.4, 0.5) is 5.69 Å². The summed E-state index contributed by atoms with van der Waals surface area (Å²) in [6.07, 6.45) is 0.171. The highest BCUT2D eigenvalue weighted by molar-refractivity contribution is 5.96. The fraction of sp³-hybridized carbons (Fsp3) is 0.462. The summed E-state index contributed by atoms with van der Waals surface area (Å²) in [6, 6.07) is 7.48. The van der Waals surface area contributed by atoms with Crippen LogP contribution in [0, 0.1) is 0 Å².